The van der Waals surface area contributed by atoms with Gasteiger partial charge in [-0.2, -0.15) is 0 Å². The van der Waals surface area contributed by atoms with Crippen LogP contribution in [-0.2, 0) is 28.6 Å². The van der Waals surface area contributed by atoms with E-state index in [-0.39, 0.29) is 48.9 Å². The van der Waals surface area contributed by atoms with E-state index in [2.05, 4.69) is 20.8 Å². The molecule has 392 valence electrons. The molecule has 0 radical (unpaired) electrons. The van der Waals surface area contributed by atoms with Crippen molar-refractivity contribution in [1.82, 2.24) is 0 Å². The second kappa shape index (κ2) is 51.3. The van der Waals surface area contributed by atoms with Gasteiger partial charge in [-0.15, -0.1) is 0 Å². The van der Waals surface area contributed by atoms with Crippen LogP contribution in [0.1, 0.15) is 330 Å². The summed E-state index contributed by atoms with van der Waals surface area (Å²) in [6, 6.07) is 0. The van der Waals surface area contributed by atoms with Crippen LogP contribution >= 0.6 is 0 Å². The predicted octanol–water partition coefficient (Wildman–Crippen LogP) is 19.5. The molecule has 0 fully saturated rings. The van der Waals surface area contributed by atoms with Crippen molar-refractivity contribution < 1.29 is 28.6 Å². The Morgan fingerprint density at radius 2 is 0.455 bits per heavy atom. The highest BCUT2D eigenvalue weighted by Crippen LogP contribution is 2.20. The highest BCUT2D eigenvalue weighted by molar-refractivity contribution is 5.73. The number of hydrogen-bond donors (Lipinski definition) is 0. The summed E-state index contributed by atoms with van der Waals surface area (Å²) in [6.45, 7) is 12.5. The second-order valence-electron chi connectivity index (χ2n) is 21.2. The minimum atomic E-state index is -0.800. The van der Waals surface area contributed by atoms with Gasteiger partial charge in [0.25, 0.3) is 0 Å². The SMILES string of the molecule is CCCCCCCCCCCCCCCC[C@@H](C)C(=O)OCC(COC(=O)[C@@H](C)CCCCCCCCCCCCCCCC)OC(=O)[C@@H](C)CCCCCCCCCCCCCCCC. The van der Waals surface area contributed by atoms with Crippen LogP contribution < -0.4 is 0 Å². The lowest BCUT2D eigenvalue weighted by Gasteiger charge is -2.22. The molecule has 0 bridgehead atoms. The van der Waals surface area contributed by atoms with Gasteiger partial charge in [0.15, 0.2) is 6.10 Å². The molecule has 66 heavy (non-hydrogen) atoms. The lowest BCUT2D eigenvalue weighted by Crippen LogP contribution is -2.34. The summed E-state index contributed by atoms with van der Waals surface area (Å²) in [5.41, 5.74) is 0. The van der Waals surface area contributed by atoms with Crippen molar-refractivity contribution in [3.05, 3.63) is 0 Å². The minimum Gasteiger partial charge on any atom is -0.461 e. The molecule has 0 spiro atoms. The van der Waals surface area contributed by atoms with E-state index >= 15 is 0 Å². The number of unbranched alkanes of at least 4 members (excludes halogenated alkanes) is 39. The molecule has 0 aromatic carbocycles. The van der Waals surface area contributed by atoms with Crippen molar-refractivity contribution in [2.75, 3.05) is 13.2 Å². The van der Waals surface area contributed by atoms with Crippen LogP contribution in [0.15, 0.2) is 0 Å². The van der Waals surface area contributed by atoms with Gasteiger partial charge in [0.1, 0.15) is 13.2 Å². The molecule has 0 aliphatic rings. The van der Waals surface area contributed by atoms with Gasteiger partial charge in [0.2, 0.25) is 0 Å². The number of carbonyl (C=O) groups is 3. The maximum absolute atomic E-state index is 13.3. The zero-order chi connectivity index (χ0) is 48.4. The van der Waals surface area contributed by atoms with Crippen LogP contribution in [0.3, 0.4) is 0 Å². The van der Waals surface area contributed by atoms with Gasteiger partial charge in [-0.1, -0.05) is 311 Å². The maximum Gasteiger partial charge on any atom is 0.309 e. The zero-order valence-corrected chi connectivity index (χ0v) is 45.5. The van der Waals surface area contributed by atoms with E-state index in [1.165, 1.54) is 231 Å². The molecule has 6 nitrogen and oxygen atoms in total. The fraction of sp³-hybridized carbons (Fsp3) is 0.950. The molecule has 4 atom stereocenters. The average molecular weight is 934 g/mol. The molecule has 0 heterocycles. The van der Waals surface area contributed by atoms with Crippen LogP contribution in [0.4, 0.5) is 0 Å². The Bertz CT molecular complexity index is 975. The van der Waals surface area contributed by atoms with Crippen LogP contribution in [0.5, 0.6) is 0 Å². The first-order valence-electron chi connectivity index (χ1n) is 29.8. The largest absolute Gasteiger partial charge is 0.461 e. The van der Waals surface area contributed by atoms with E-state index in [1.54, 1.807) is 0 Å². The van der Waals surface area contributed by atoms with Crippen molar-refractivity contribution in [2.45, 2.75) is 337 Å². The number of esters is 3. The highest BCUT2D eigenvalue weighted by Gasteiger charge is 2.25. The van der Waals surface area contributed by atoms with Crippen LogP contribution in [0, 0.1) is 17.8 Å². The third-order valence-electron chi connectivity index (χ3n) is 14.3. The summed E-state index contributed by atoms with van der Waals surface area (Å²) < 4.78 is 17.4. The molecule has 0 aliphatic carbocycles. The third-order valence-corrected chi connectivity index (χ3v) is 14.3. The Balaban J connectivity index is 4.61. The molecule has 0 aliphatic heterocycles. The first-order chi connectivity index (χ1) is 32.3. The molecule has 0 aromatic rings. The van der Waals surface area contributed by atoms with Crippen molar-refractivity contribution >= 4 is 17.9 Å². The normalized spacial score (nSPS) is 13.4. The zero-order valence-electron chi connectivity index (χ0n) is 45.5. The summed E-state index contributed by atoms with van der Waals surface area (Å²) in [5.74, 6) is -1.52. The van der Waals surface area contributed by atoms with Crippen molar-refractivity contribution in [3.63, 3.8) is 0 Å². The van der Waals surface area contributed by atoms with E-state index in [9.17, 15) is 14.4 Å². The van der Waals surface area contributed by atoms with E-state index < -0.39 is 6.10 Å². The lowest BCUT2D eigenvalue weighted by atomic mass is 10.0. The fourth-order valence-corrected chi connectivity index (χ4v) is 9.32. The standard InChI is InChI=1S/C60H116O6/c1-7-10-13-16-19-22-25-28-31-34-37-40-43-46-49-54(4)58(61)64-52-57(66-60(63)56(6)51-48-45-42-39-36-33-30-27-24-21-18-15-12-9-3)53-65-59(62)55(5)50-47-44-41-38-35-32-29-26-23-20-17-14-11-8-2/h54-57H,7-53H2,1-6H3/t54-,55+,56-,57?/m0/s1. The summed E-state index contributed by atoms with van der Waals surface area (Å²) >= 11 is 0. The maximum atomic E-state index is 13.3. The molecule has 1 unspecified atom stereocenters. The van der Waals surface area contributed by atoms with Gasteiger partial charge in [0, 0.05) is 0 Å². The number of rotatable bonds is 53. The van der Waals surface area contributed by atoms with Crippen molar-refractivity contribution in [3.8, 4) is 0 Å². The lowest BCUT2D eigenvalue weighted by molar-refractivity contribution is -0.171. The Labute approximate surface area is 412 Å². The predicted molar refractivity (Wildman–Crippen MR) is 284 cm³/mol. The Morgan fingerprint density at radius 1 is 0.273 bits per heavy atom. The number of hydrogen-bond acceptors (Lipinski definition) is 6. The molecule has 0 aromatic heterocycles. The van der Waals surface area contributed by atoms with Crippen molar-refractivity contribution in [1.29, 1.82) is 0 Å². The summed E-state index contributed by atoms with van der Waals surface area (Å²) in [5, 5.41) is 0. The monoisotopic (exact) mass is 933 g/mol. The highest BCUT2D eigenvalue weighted by atomic mass is 16.6. The molecular weight excluding hydrogens is 817 g/mol. The van der Waals surface area contributed by atoms with E-state index in [0.717, 1.165) is 57.8 Å². The molecule has 0 amide bonds. The summed E-state index contributed by atoms with van der Waals surface area (Å²) in [6.07, 6.45) is 56.5. The first-order valence-corrected chi connectivity index (χ1v) is 29.8. The smallest absolute Gasteiger partial charge is 0.309 e. The molecular formula is C60H116O6. The van der Waals surface area contributed by atoms with E-state index in [0.29, 0.717) is 0 Å². The first kappa shape index (κ1) is 64.4. The Kier molecular flexibility index (Phi) is 50.0. The van der Waals surface area contributed by atoms with Gasteiger partial charge in [-0.25, -0.2) is 0 Å². The van der Waals surface area contributed by atoms with E-state index in [1.807, 2.05) is 20.8 Å². The molecule has 6 heteroatoms. The van der Waals surface area contributed by atoms with Crippen LogP contribution in [-0.4, -0.2) is 37.2 Å². The number of carbonyl (C=O) groups excluding carboxylic acids is 3. The number of ether oxygens (including phenoxy) is 3. The summed E-state index contributed by atoms with van der Waals surface area (Å²) in [4.78, 5) is 39.4. The fourth-order valence-electron chi connectivity index (χ4n) is 9.32. The molecule has 0 rings (SSSR count). The van der Waals surface area contributed by atoms with E-state index in [4.69, 9.17) is 14.2 Å². The Hall–Kier alpha value is -1.59. The minimum absolute atomic E-state index is 0.0835. The molecule has 0 N–H and O–H groups in total. The molecule has 0 saturated carbocycles. The van der Waals surface area contributed by atoms with Crippen molar-refractivity contribution in [2.24, 2.45) is 17.8 Å². The second-order valence-corrected chi connectivity index (χ2v) is 21.2. The quantitative estimate of drug-likeness (QED) is 0.0343. The summed E-state index contributed by atoms with van der Waals surface area (Å²) in [7, 11) is 0. The van der Waals surface area contributed by atoms with Crippen LogP contribution in [0.25, 0.3) is 0 Å². The van der Waals surface area contributed by atoms with Gasteiger partial charge in [0.05, 0.1) is 17.8 Å². The van der Waals surface area contributed by atoms with Gasteiger partial charge < -0.3 is 14.2 Å². The van der Waals surface area contributed by atoms with Crippen LogP contribution in [0.2, 0.25) is 0 Å². The Morgan fingerprint density at radius 3 is 0.667 bits per heavy atom. The van der Waals surface area contributed by atoms with Gasteiger partial charge in [-0.3, -0.25) is 14.4 Å². The third kappa shape index (κ3) is 44.9. The van der Waals surface area contributed by atoms with Gasteiger partial charge >= 0.3 is 17.9 Å². The molecule has 0 saturated heterocycles. The van der Waals surface area contributed by atoms with Gasteiger partial charge in [-0.05, 0) is 19.3 Å². The topological polar surface area (TPSA) is 78.9 Å². The average Bonchev–Trinajstić information content (AvgIpc) is 3.32.